The summed E-state index contributed by atoms with van der Waals surface area (Å²) in [6, 6.07) is 9.16. The Balaban J connectivity index is 0.00000544. The largest absolute Gasteiger partial charge is 0.374 e. The predicted octanol–water partition coefficient (Wildman–Crippen LogP) is 2.12. The number of nitrogens with zero attached hydrogens (tertiary/aromatic N) is 4. The first kappa shape index (κ1) is 28.2. The number of rotatable bonds is 14. The van der Waals surface area contributed by atoms with Gasteiger partial charge < -0.3 is 21.1 Å². The zero-order valence-electron chi connectivity index (χ0n) is 19.2. The molecule has 0 aliphatic heterocycles. The molecule has 10 nitrogen and oxygen atoms in total. The Bertz CT molecular complexity index is 834. The van der Waals surface area contributed by atoms with Gasteiger partial charge in [-0.25, -0.2) is 4.68 Å². The SMILES string of the molecule is C.CCCCNC(=O)CCCn1nnnc1[C@@H](COCc1ccccc1)NC(=O)C(C)(C)N. The number of ether oxygens (including phenoxy) is 1. The fourth-order valence-corrected chi connectivity index (χ4v) is 2.90. The average Bonchev–Trinajstić information content (AvgIpc) is 3.21. The summed E-state index contributed by atoms with van der Waals surface area (Å²) in [5, 5.41) is 17.7. The molecule has 0 radical (unpaired) electrons. The minimum atomic E-state index is -1.06. The van der Waals surface area contributed by atoms with Crippen LogP contribution in [0.3, 0.4) is 0 Å². The van der Waals surface area contributed by atoms with Crippen molar-refractivity contribution < 1.29 is 14.3 Å². The van der Waals surface area contributed by atoms with Gasteiger partial charge in [-0.05, 0) is 42.7 Å². The molecule has 33 heavy (non-hydrogen) atoms. The molecule has 2 rings (SSSR count). The number of amides is 2. The summed E-state index contributed by atoms with van der Waals surface area (Å²) in [7, 11) is 0. The van der Waals surface area contributed by atoms with Crippen LogP contribution in [0.5, 0.6) is 0 Å². The number of carbonyl (C=O) groups excluding carboxylic acids is 2. The highest BCUT2D eigenvalue weighted by Gasteiger charge is 2.28. The van der Waals surface area contributed by atoms with Crippen LogP contribution < -0.4 is 16.4 Å². The minimum Gasteiger partial charge on any atom is -0.374 e. The molecule has 0 saturated heterocycles. The number of carbonyl (C=O) groups is 2. The molecule has 0 saturated carbocycles. The second kappa shape index (κ2) is 14.3. The molecule has 0 aliphatic rings. The van der Waals surface area contributed by atoms with Gasteiger partial charge in [-0.3, -0.25) is 9.59 Å². The van der Waals surface area contributed by atoms with Gasteiger partial charge in [-0.2, -0.15) is 0 Å². The molecule has 0 aliphatic carbocycles. The Kier molecular flexibility index (Phi) is 12.2. The van der Waals surface area contributed by atoms with E-state index >= 15 is 0 Å². The first-order valence-electron chi connectivity index (χ1n) is 11.1. The van der Waals surface area contributed by atoms with Gasteiger partial charge in [-0.1, -0.05) is 51.1 Å². The Morgan fingerprint density at radius 2 is 1.94 bits per heavy atom. The van der Waals surface area contributed by atoms with E-state index in [0.717, 1.165) is 18.4 Å². The van der Waals surface area contributed by atoms with E-state index in [-0.39, 0.29) is 25.8 Å². The lowest BCUT2D eigenvalue weighted by atomic mass is 10.1. The molecular formula is C23H39N7O3. The van der Waals surface area contributed by atoms with E-state index < -0.39 is 11.6 Å². The van der Waals surface area contributed by atoms with Crippen LogP contribution in [0.4, 0.5) is 0 Å². The first-order chi connectivity index (χ1) is 15.3. The van der Waals surface area contributed by atoms with E-state index in [9.17, 15) is 9.59 Å². The number of tetrazole rings is 1. The van der Waals surface area contributed by atoms with Crippen LogP contribution in [0.25, 0.3) is 0 Å². The van der Waals surface area contributed by atoms with Gasteiger partial charge in [-0.15, -0.1) is 5.10 Å². The van der Waals surface area contributed by atoms with Crippen LogP contribution in [0.15, 0.2) is 30.3 Å². The normalized spacial score (nSPS) is 12.0. The average molecular weight is 462 g/mol. The van der Waals surface area contributed by atoms with E-state index in [0.29, 0.717) is 38.4 Å². The lowest BCUT2D eigenvalue weighted by Gasteiger charge is -2.23. The fraction of sp³-hybridized carbons (Fsp3) is 0.609. The molecule has 0 spiro atoms. The van der Waals surface area contributed by atoms with Crippen LogP contribution in [0, 0.1) is 0 Å². The standard InChI is InChI=1S/C22H35N7O3.CH4/c1-4-5-13-24-19(30)12-9-14-29-20(26-27-28-29)18(25-21(31)22(2,3)23)16-32-15-17-10-7-6-8-11-17;/h6-8,10-11,18H,4-5,9,12-16,23H2,1-3H3,(H,24,30)(H,25,31);1H4/t18-;/m1./s1. The molecule has 0 fully saturated rings. The summed E-state index contributed by atoms with van der Waals surface area (Å²) >= 11 is 0. The number of unbranched alkanes of at least 4 members (excludes halogenated alkanes) is 1. The van der Waals surface area contributed by atoms with E-state index in [4.69, 9.17) is 10.5 Å². The molecule has 4 N–H and O–H groups in total. The summed E-state index contributed by atoms with van der Waals surface area (Å²) in [6.07, 6.45) is 2.95. The fourth-order valence-electron chi connectivity index (χ4n) is 2.90. The zero-order chi connectivity index (χ0) is 23.4. The van der Waals surface area contributed by atoms with Gasteiger partial charge in [0.05, 0.1) is 18.8 Å². The predicted molar refractivity (Wildman–Crippen MR) is 127 cm³/mol. The number of aryl methyl sites for hydroxylation is 1. The third kappa shape index (κ3) is 10.1. The summed E-state index contributed by atoms with van der Waals surface area (Å²) in [6.45, 7) is 7.03. The third-order valence-corrected chi connectivity index (χ3v) is 4.78. The summed E-state index contributed by atoms with van der Waals surface area (Å²) in [5.41, 5.74) is 5.90. The molecule has 2 aromatic rings. The Labute approximate surface area is 196 Å². The van der Waals surface area contributed by atoms with Crippen molar-refractivity contribution in [2.75, 3.05) is 13.2 Å². The van der Waals surface area contributed by atoms with Crippen molar-refractivity contribution in [1.82, 2.24) is 30.8 Å². The zero-order valence-corrected chi connectivity index (χ0v) is 19.2. The lowest BCUT2D eigenvalue weighted by Crippen LogP contribution is -2.51. The van der Waals surface area contributed by atoms with Crippen molar-refractivity contribution in [2.24, 2.45) is 5.73 Å². The maximum atomic E-state index is 12.5. The summed E-state index contributed by atoms with van der Waals surface area (Å²) < 4.78 is 7.44. The number of nitrogens with one attached hydrogen (secondary N) is 2. The van der Waals surface area contributed by atoms with Crippen LogP contribution >= 0.6 is 0 Å². The maximum Gasteiger partial charge on any atom is 0.240 e. The molecule has 1 atom stereocenters. The third-order valence-electron chi connectivity index (χ3n) is 4.78. The quantitative estimate of drug-likeness (QED) is 0.366. The van der Waals surface area contributed by atoms with Crippen molar-refractivity contribution >= 4 is 11.8 Å². The van der Waals surface area contributed by atoms with Gasteiger partial charge >= 0.3 is 0 Å². The number of aromatic nitrogens is 4. The van der Waals surface area contributed by atoms with E-state index in [1.54, 1.807) is 18.5 Å². The van der Waals surface area contributed by atoms with Crippen LogP contribution in [-0.2, 0) is 27.5 Å². The van der Waals surface area contributed by atoms with Crippen molar-refractivity contribution in [3.63, 3.8) is 0 Å². The number of hydrogen-bond acceptors (Lipinski definition) is 7. The Morgan fingerprint density at radius 1 is 1.21 bits per heavy atom. The molecule has 1 aromatic heterocycles. The molecular weight excluding hydrogens is 422 g/mol. The summed E-state index contributed by atoms with van der Waals surface area (Å²) in [4.78, 5) is 24.5. The van der Waals surface area contributed by atoms with Gasteiger partial charge in [0, 0.05) is 19.5 Å². The van der Waals surface area contributed by atoms with Crippen molar-refractivity contribution in [2.45, 2.75) is 78.6 Å². The molecule has 0 unspecified atom stereocenters. The highest BCUT2D eigenvalue weighted by Crippen LogP contribution is 2.14. The van der Waals surface area contributed by atoms with Gasteiger partial charge in [0.1, 0.15) is 6.04 Å². The van der Waals surface area contributed by atoms with Gasteiger partial charge in [0.15, 0.2) is 5.82 Å². The van der Waals surface area contributed by atoms with E-state index in [1.807, 2.05) is 30.3 Å². The summed E-state index contributed by atoms with van der Waals surface area (Å²) in [5.74, 6) is 0.131. The van der Waals surface area contributed by atoms with Crippen LogP contribution in [0.1, 0.15) is 71.3 Å². The Morgan fingerprint density at radius 3 is 2.61 bits per heavy atom. The maximum absolute atomic E-state index is 12.5. The van der Waals surface area contributed by atoms with Crippen LogP contribution in [0.2, 0.25) is 0 Å². The van der Waals surface area contributed by atoms with Crippen molar-refractivity contribution in [3.05, 3.63) is 41.7 Å². The lowest BCUT2D eigenvalue weighted by molar-refractivity contribution is -0.126. The molecule has 184 valence electrons. The Hall–Kier alpha value is -2.85. The molecule has 1 aromatic carbocycles. The second-order valence-corrected chi connectivity index (χ2v) is 8.32. The minimum absolute atomic E-state index is 0. The van der Waals surface area contributed by atoms with E-state index in [1.165, 1.54) is 0 Å². The molecule has 2 amide bonds. The monoisotopic (exact) mass is 461 g/mol. The first-order valence-corrected chi connectivity index (χ1v) is 11.1. The van der Waals surface area contributed by atoms with E-state index in [2.05, 4.69) is 33.1 Å². The van der Waals surface area contributed by atoms with Gasteiger partial charge in [0.25, 0.3) is 0 Å². The van der Waals surface area contributed by atoms with Gasteiger partial charge in [0.2, 0.25) is 11.8 Å². The molecule has 10 heteroatoms. The highest BCUT2D eigenvalue weighted by atomic mass is 16.5. The molecule has 0 bridgehead atoms. The topological polar surface area (TPSA) is 137 Å². The number of nitrogens with two attached hydrogens (primary N) is 1. The van der Waals surface area contributed by atoms with Crippen LogP contribution in [-0.4, -0.2) is 50.7 Å². The van der Waals surface area contributed by atoms with Crippen molar-refractivity contribution in [1.29, 1.82) is 0 Å². The number of hydrogen-bond donors (Lipinski definition) is 3. The second-order valence-electron chi connectivity index (χ2n) is 8.32. The number of benzene rings is 1. The molecule has 1 heterocycles. The van der Waals surface area contributed by atoms with Crippen molar-refractivity contribution in [3.8, 4) is 0 Å². The highest BCUT2D eigenvalue weighted by molar-refractivity contribution is 5.85. The smallest absolute Gasteiger partial charge is 0.240 e.